The molecular formula is C13H22F3N. The number of alkyl halides is 3. The molecule has 0 radical (unpaired) electrons. The normalized spacial score (nSPS) is 32.5. The van der Waals surface area contributed by atoms with E-state index in [1.54, 1.807) is 0 Å². The second kappa shape index (κ2) is 5.17. The number of rotatable bonds is 4. The average Bonchev–Trinajstić information content (AvgIpc) is 3.08. The van der Waals surface area contributed by atoms with Crippen LogP contribution in [0.2, 0.25) is 0 Å². The summed E-state index contributed by atoms with van der Waals surface area (Å²) in [6.45, 7) is 2.77. The van der Waals surface area contributed by atoms with Crippen LogP contribution in [0.5, 0.6) is 0 Å². The van der Waals surface area contributed by atoms with Gasteiger partial charge in [-0.25, -0.2) is 0 Å². The van der Waals surface area contributed by atoms with E-state index in [1.807, 2.05) is 6.92 Å². The minimum Gasteiger partial charge on any atom is -0.314 e. The quantitative estimate of drug-likeness (QED) is 0.800. The Hall–Kier alpha value is -0.250. The maximum atomic E-state index is 13.0. The largest absolute Gasteiger partial charge is 0.392 e. The predicted octanol–water partition coefficient (Wildman–Crippen LogP) is 3.74. The molecule has 0 aromatic carbocycles. The SMILES string of the molecule is CCNC(C1CC1)C1CCCCC1C(F)(F)F. The highest BCUT2D eigenvalue weighted by atomic mass is 19.4. The van der Waals surface area contributed by atoms with E-state index < -0.39 is 12.1 Å². The first-order valence-electron chi connectivity index (χ1n) is 6.84. The Kier molecular flexibility index (Phi) is 4.01. The Morgan fingerprint density at radius 3 is 2.29 bits per heavy atom. The molecule has 0 bridgehead atoms. The van der Waals surface area contributed by atoms with Crippen molar-refractivity contribution in [2.24, 2.45) is 17.8 Å². The van der Waals surface area contributed by atoms with Crippen LogP contribution in [0.1, 0.15) is 45.4 Å². The van der Waals surface area contributed by atoms with Crippen LogP contribution >= 0.6 is 0 Å². The summed E-state index contributed by atoms with van der Waals surface area (Å²) in [5.74, 6) is -0.750. The fourth-order valence-electron chi connectivity index (χ4n) is 3.35. The van der Waals surface area contributed by atoms with Crippen LogP contribution in [0, 0.1) is 17.8 Å². The standard InChI is InChI=1S/C13H22F3N/c1-2-17-12(9-7-8-9)10-5-3-4-6-11(10)13(14,15)16/h9-12,17H,2-8H2,1H3. The first kappa shape index (κ1) is 13.2. The van der Waals surface area contributed by atoms with Gasteiger partial charge >= 0.3 is 6.18 Å². The molecule has 4 heteroatoms. The molecule has 0 spiro atoms. The van der Waals surface area contributed by atoms with Crippen LogP contribution in [-0.2, 0) is 0 Å². The zero-order chi connectivity index (χ0) is 12.5. The summed E-state index contributed by atoms with van der Waals surface area (Å²) < 4.78 is 39.1. The van der Waals surface area contributed by atoms with Crippen molar-refractivity contribution in [3.63, 3.8) is 0 Å². The molecule has 2 saturated carbocycles. The molecule has 0 aromatic rings. The average molecular weight is 249 g/mol. The molecule has 1 nitrogen and oxygen atoms in total. The minimum absolute atomic E-state index is 0.104. The second-order valence-corrected chi connectivity index (χ2v) is 5.52. The predicted molar refractivity (Wildman–Crippen MR) is 61.7 cm³/mol. The van der Waals surface area contributed by atoms with Gasteiger partial charge in [0.15, 0.2) is 0 Å². The van der Waals surface area contributed by atoms with Gasteiger partial charge in [0.05, 0.1) is 5.92 Å². The molecule has 3 atom stereocenters. The van der Waals surface area contributed by atoms with Crippen LogP contribution in [0.3, 0.4) is 0 Å². The highest BCUT2D eigenvalue weighted by Gasteiger charge is 2.50. The smallest absolute Gasteiger partial charge is 0.314 e. The molecule has 1 N–H and O–H groups in total. The van der Waals surface area contributed by atoms with E-state index in [1.165, 1.54) is 0 Å². The molecule has 0 saturated heterocycles. The van der Waals surface area contributed by atoms with Crippen LogP contribution in [-0.4, -0.2) is 18.8 Å². The van der Waals surface area contributed by atoms with Crippen molar-refractivity contribution in [2.75, 3.05) is 6.54 Å². The van der Waals surface area contributed by atoms with Crippen molar-refractivity contribution in [1.29, 1.82) is 0 Å². The Bertz CT molecular complexity index is 248. The maximum absolute atomic E-state index is 13.0. The lowest BCUT2D eigenvalue weighted by molar-refractivity contribution is -0.200. The molecule has 17 heavy (non-hydrogen) atoms. The monoisotopic (exact) mass is 249 g/mol. The number of halogens is 3. The number of hydrogen-bond donors (Lipinski definition) is 1. The third kappa shape index (κ3) is 3.15. The van der Waals surface area contributed by atoms with E-state index >= 15 is 0 Å². The van der Waals surface area contributed by atoms with Crippen LogP contribution in [0.4, 0.5) is 13.2 Å². The summed E-state index contributed by atoms with van der Waals surface area (Å²) in [4.78, 5) is 0. The van der Waals surface area contributed by atoms with Gasteiger partial charge in [0.25, 0.3) is 0 Å². The van der Waals surface area contributed by atoms with Crippen molar-refractivity contribution < 1.29 is 13.2 Å². The van der Waals surface area contributed by atoms with Gasteiger partial charge in [-0.2, -0.15) is 13.2 Å². The molecule has 0 aliphatic heterocycles. The summed E-state index contributed by atoms with van der Waals surface area (Å²) in [5.41, 5.74) is 0. The highest BCUT2D eigenvalue weighted by molar-refractivity contribution is 4.96. The lowest BCUT2D eigenvalue weighted by Gasteiger charge is -2.38. The van der Waals surface area contributed by atoms with E-state index in [0.717, 1.165) is 38.6 Å². The zero-order valence-electron chi connectivity index (χ0n) is 10.4. The Morgan fingerprint density at radius 2 is 1.76 bits per heavy atom. The van der Waals surface area contributed by atoms with E-state index in [-0.39, 0.29) is 12.0 Å². The highest BCUT2D eigenvalue weighted by Crippen LogP contribution is 2.47. The minimum atomic E-state index is -4.01. The summed E-state index contributed by atoms with van der Waals surface area (Å²) in [6, 6.07) is 0.104. The maximum Gasteiger partial charge on any atom is 0.392 e. The molecule has 2 fully saturated rings. The van der Waals surface area contributed by atoms with E-state index in [0.29, 0.717) is 12.3 Å². The van der Waals surface area contributed by atoms with Crippen molar-refractivity contribution in [1.82, 2.24) is 5.32 Å². The van der Waals surface area contributed by atoms with Gasteiger partial charge in [0.2, 0.25) is 0 Å². The van der Waals surface area contributed by atoms with E-state index in [4.69, 9.17) is 0 Å². The van der Waals surface area contributed by atoms with E-state index in [2.05, 4.69) is 5.32 Å². The molecular weight excluding hydrogens is 227 g/mol. The first-order valence-corrected chi connectivity index (χ1v) is 6.84. The van der Waals surface area contributed by atoms with Gasteiger partial charge in [-0.1, -0.05) is 19.8 Å². The van der Waals surface area contributed by atoms with Gasteiger partial charge in [-0.3, -0.25) is 0 Å². The molecule has 2 rings (SSSR count). The Balaban J connectivity index is 2.08. The molecule has 0 aromatic heterocycles. The molecule has 0 heterocycles. The van der Waals surface area contributed by atoms with Crippen molar-refractivity contribution in [3.8, 4) is 0 Å². The van der Waals surface area contributed by atoms with Crippen molar-refractivity contribution >= 4 is 0 Å². The van der Waals surface area contributed by atoms with Gasteiger partial charge in [0.1, 0.15) is 0 Å². The van der Waals surface area contributed by atoms with Crippen LogP contribution in [0.25, 0.3) is 0 Å². The molecule has 3 unspecified atom stereocenters. The van der Waals surface area contributed by atoms with Gasteiger partial charge in [-0.15, -0.1) is 0 Å². The summed E-state index contributed by atoms with van der Waals surface area (Å²) in [7, 11) is 0. The fraction of sp³-hybridized carbons (Fsp3) is 1.00. The third-order valence-corrected chi connectivity index (χ3v) is 4.27. The summed E-state index contributed by atoms with van der Waals surface area (Å²) >= 11 is 0. The lowest BCUT2D eigenvalue weighted by atomic mass is 9.73. The summed E-state index contributed by atoms with van der Waals surface area (Å²) in [5, 5.41) is 3.32. The lowest BCUT2D eigenvalue weighted by Crippen LogP contribution is -2.46. The van der Waals surface area contributed by atoms with Crippen LogP contribution in [0.15, 0.2) is 0 Å². The van der Waals surface area contributed by atoms with Gasteiger partial charge in [0, 0.05) is 6.04 Å². The summed E-state index contributed by atoms with van der Waals surface area (Å²) in [6.07, 6.45) is 1.00. The molecule has 2 aliphatic carbocycles. The van der Waals surface area contributed by atoms with Crippen molar-refractivity contribution in [2.45, 2.75) is 57.7 Å². The molecule has 0 amide bonds. The van der Waals surface area contributed by atoms with Gasteiger partial charge < -0.3 is 5.32 Å². The molecule has 2 aliphatic rings. The van der Waals surface area contributed by atoms with Gasteiger partial charge in [-0.05, 0) is 44.1 Å². The molecule has 100 valence electrons. The Labute approximate surface area is 101 Å². The second-order valence-electron chi connectivity index (χ2n) is 5.52. The Morgan fingerprint density at radius 1 is 1.12 bits per heavy atom. The zero-order valence-corrected chi connectivity index (χ0v) is 10.4. The first-order chi connectivity index (χ1) is 8.04. The fourth-order valence-corrected chi connectivity index (χ4v) is 3.35. The van der Waals surface area contributed by atoms with Crippen molar-refractivity contribution in [3.05, 3.63) is 0 Å². The van der Waals surface area contributed by atoms with E-state index in [9.17, 15) is 13.2 Å². The number of nitrogens with one attached hydrogen (secondary N) is 1. The topological polar surface area (TPSA) is 12.0 Å². The number of hydrogen-bond acceptors (Lipinski definition) is 1. The third-order valence-electron chi connectivity index (χ3n) is 4.27. The van der Waals surface area contributed by atoms with Crippen LogP contribution < -0.4 is 5.32 Å².